The van der Waals surface area contributed by atoms with Crippen molar-refractivity contribution in [3.63, 3.8) is 0 Å². The molecule has 90 valence electrons. The summed E-state index contributed by atoms with van der Waals surface area (Å²) in [7, 11) is 1.70. The van der Waals surface area contributed by atoms with Gasteiger partial charge in [-0.25, -0.2) is 8.78 Å². The second-order valence-corrected chi connectivity index (χ2v) is 5.70. The molecule has 0 spiro atoms. The number of rotatable bonds is 2. The fourth-order valence-electron chi connectivity index (χ4n) is 1.82. The fraction of sp³-hybridized carbons (Fsp3) is 0.500. The van der Waals surface area contributed by atoms with E-state index in [2.05, 4.69) is 21.2 Å². The van der Waals surface area contributed by atoms with Gasteiger partial charge in [0, 0.05) is 11.6 Å². The summed E-state index contributed by atoms with van der Waals surface area (Å²) in [6.45, 7) is 5.82. The van der Waals surface area contributed by atoms with Crippen molar-refractivity contribution in [3.05, 3.63) is 33.8 Å². The van der Waals surface area contributed by atoms with Gasteiger partial charge >= 0.3 is 0 Å². The minimum Gasteiger partial charge on any atom is -0.312 e. The zero-order chi connectivity index (χ0) is 12.5. The first-order valence-electron chi connectivity index (χ1n) is 5.09. The SMILES string of the molecule is CNC(c1c(F)ccc(Br)c1F)C(C)(C)C. The van der Waals surface area contributed by atoms with Gasteiger partial charge in [0.1, 0.15) is 11.6 Å². The smallest absolute Gasteiger partial charge is 0.145 e. The van der Waals surface area contributed by atoms with Gasteiger partial charge in [-0.2, -0.15) is 0 Å². The van der Waals surface area contributed by atoms with Gasteiger partial charge in [0.25, 0.3) is 0 Å². The molecule has 1 rings (SSSR count). The van der Waals surface area contributed by atoms with Crippen molar-refractivity contribution in [2.24, 2.45) is 5.41 Å². The van der Waals surface area contributed by atoms with Crippen LogP contribution in [-0.4, -0.2) is 7.05 Å². The molecule has 0 amide bonds. The van der Waals surface area contributed by atoms with Crippen LogP contribution in [0.3, 0.4) is 0 Å². The molecule has 1 aromatic rings. The molecule has 0 saturated carbocycles. The molecule has 1 aromatic carbocycles. The Morgan fingerprint density at radius 3 is 2.25 bits per heavy atom. The topological polar surface area (TPSA) is 12.0 Å². The summed E-state index contributed by atoms with van der Waals surface area (Å²) in [5.41, 5.74) is -0.179. The molecule has 1 nitrogen and oxygen atoms in total. The van der Waals surface area contributed by atoms with E-state index in [1.807, 2.05) is 20.8 Å². The van der Waals surface area contributed by atoms with E-state index in [9.17, 15) is 8.78 Å². The van der Waals surface area contributed by atoms with Crippen molar-refractivity contribution in [2.45, 2.75) is 26.8 Å². The van der Waals surface area contributed by atoms with Crippen LogP contribution in [0.15, 0.2) is 16.6 Å². The van der Waals surface area contributed by atoms with E-state index in [0.29, 0.717) is 0 Å². The number of hydrogen-bond donors (Lipinski definition) is 1. The van der Waals surface area contributed by atoms with E-state index in [1.165, 1.54) is 12.1 Å². The minimum absolute atomic E-state index is 0.0874. The van der Waals surface area contributed by atoms with Crippen molar-refractivity contribution in [1.82, 2.24) is 5.32 Å². The maximum absolute atomic E-state index is 13.9. The Morgan fingerprint density at radius 1 is 1.25 bits per heavy atom. The number of hydrogen-bond acceptors (Lipinski definition) is 1. The van der Waals surface area contributed by atoms with E-state index >= 15 is 0 Å². The Kier molecular flexibility index (Phi) is 4.07. The lowest BCUT2D eigenvalue weighted by molar-refractivity contribution is 0.272. The largest absolute Gasteiger partial charge is 0.312 e. The molecule has 0 fully saturated rings. The van der Waals surface area contributed by atoms with Crippen LogP contribution in [0, 0.1) is 17.0 Å². The summed E-state index contributed by atoms with van der Waals surface area (Å²) in [5, 5.41) is 2.97. The van der Waals surface area contributed by atoms with Gasteiger partial charge in [-0.1, -0.05) is 20.8 Å². The molecular formula is C12H16BrF2N. The molecule has 0 aliphatic carbocycles. The highest BCUT2D eigenvalue weighted by molar-refractivity contribution is 9.10. The molecule has 0 radical (unpaired) electrons. The third-order valence-corrected chi connectivity index (χ3v) is 3.14. The third-order valence-electron chi connectivity index (χ3n) is 2.52. The minimum atomic E-state index is -0.533. The summed E-state index contributed by atoms with van der Waals surface area (Å²) in [4.78, 5) is 0. The first-order valence-corrected chi connectivity index (χ1v) is 5.89. The van der Waals surface area contributed by atoms with Crippen molar-refractivity contribution < 1.29 is 8.78 Å². The lowest BCUT2D eigenvalue weighted by Gasteiger charge is -2.31. The molecule has 1 atom stereocenters. The molecule has 1 unspecified atom stereocenters. The maximum Gasteiger partial charge on any atom is 0.145 e. The summed E-state index contributed by atoms with van der Waals surface area (Å²) in [5.74, 6) is -1.05. The summed E-state index contributed by atoms with van der Waals surface area (Å²) < 4.78 is 27.9. The molecule has 0 saturated heterocycles. The fourth-order valence-corrected chi connectivity index (χ4v) is 2.16. The van der Waals surface area contributed by atoms with E-state index < -0.39 is 11.6 Å². The second-order valence-electron chi connectivity index (χ2n) is 4.84. The van der Waals surface area contributed by atoms with E-state index in [-0.39, 0.29) is 21.5 Å². The van der Waals surface area contributed by atoms with E-state index in [0.717, 1.165) is 0 Å². The van der Waals surface area contributed by atoms with Crippen LogP contribution >= 0.6 is 15.9 Å². The van der Waals surface area contributed by atoms with Gasteiger partial charge in [0.15, 0.2) is 0 Å². The van der Waals surface area contributed by atoms with E-state index in [1.54, 1.807) is 7.05 Å². The Labute approximate surface area is 103 Å². The molecule has 16 heavy (non-hydrogen) atoms. The summed E-state index contributed by atoms with van der Waals surface area (Å²) >= 11 is 3.07. The molecule has 0 aliphatic heterocycles. The quantitative estimate of drug-likeness (QED) is 0.811. The highest BCUT2D eigenvalue weighted by atomic mass is 79.9. The number of nitrogens with one attached hydrogen (secondary N) is 1. The predicted octanol–water partition coefficient (Wildman–Crippen LogP) is 4.03. The Hall–Kier alpha value is -0.480. The lowest BCUT2D eigenvalue weighted by Crippen LogP contribution is -2.31. The molecule has 0 aromatic heterocycles. The Bertz CT molecular complexity index is 385. The van der Waals surface area contributed by atoms with Gasteiger partial charge in [0.05, 0.1) is 4.47 Å². The normalized spacial score (nSPS) is 13.9. The molecular weight excluding hydrogens is 276 g/mol. The van der Waals surface area contributed by atoms with Crippen molar-refractivity contribution in [2.75, 3.05) is 7.05 Å². The average Bonchev–Trinajstić information content (AvgIpc) is 2.16. The van der Waals surface area contributed by atoms with Crippen LogP contribution in [0.2, 0.25) is 0 Å². The lowest BCUT2D eigenvalue weighted by atomic mass is 9.82. The van der Waals surface area contributed by atoms with Crippen LogP contribution < -0.4 is 5.32 Å². The molecule has 1 N–H and O–H groups in total. The van der Waals surface area contributed by atoms with Crippen molar-refractivity contribution >= 4 is 15.9 Å². The van der Waals surface area contributed by atoms with Gasteiger partial charge in [-0.15, -0.1) is 0 Å². The highest BCUT2D eigenvalue weighted by Crippen LogP contribution is 2.36. The maximum atomic E-state index is 13.9. The highest BCUT2D eigenvalue weighted by Gasteiger charge is 2.30. The Balaban J connectivity index is 3.36. The van der Waals surface area contributed by atoms with Gasteiger partial charge in [-0.05, 0) is 40.5 Å². The van der Waals surface area contributed by atoms with Crippen LogP contribution in [0.4, 0.5) is 8.78 Å². The predicted molar refractivity (Wildman–Crippen MR) is 65.3 cm³/mol. The molecule has 0 bridgehead atoms. The first kappa shape index (κ1) is 13.6. The van der Waals surface area contributed by atoms with Gasteiger partial charge < -0.3 is 5.32 Å². The second kappa shape index (κ2) is 4.80. The monoisotopic (exact) mass is 291 g/mol. The summed E-state index contributed by atoms with van der Waals surface area (Å²) in [6.07, 6.45) is 0. The van der Waals surface area contributed by atoms with Crippen LogP contribution in [0.1, 0.15) is 32.4 Å². The number of benzene rings is 1. The standard InChI is InChI=1S/C12H16BrF2N/c1-12(2,3)11(16-4)9-8(14)6-5-7(13)10(9)15/h5-6,11,16H,1-4H3. The Morgan fingerprint density at radius 2 is 1.81 bits per heavy atom. The van der Waals surface area contributed by atoms with Gasteiger partial charge in [0.2, 0.25) is 0 Å². The van der Waals surface area contributed by atoms with Crippen LogP contribution in [0.5, 0.6) is 0 Å². The van der Waals surface area contributed by atoms with Crippen molar-refractivity contribution in [1.29, 1.82) is 0 Å². The van der Waals surface area contributed by atoms with Crippen molar-refractivity contribution in [3.8, 4) is 0 Å². The van der Waals surface area contributed by atoms with E-state index in [4.69, 9.17) is 0 Å². The van der Waals surface area contributed by atoms with Crippen LogP contribution in [0.25, 0.3) is 0 Å². The third kappa shape index (κ3) is 2.61. The molecule has 0 heterocycles. The van der Waals surface area contributed by atoms with Gasteiger partial charge in [-0.3, -0.25) is 0 Å². The molecule has 4 heteroatoms. The molecule has 0 aliphatic rings. The zero-order valence-electron chi connectivity index (χ0n) is 9.87. The average molecular weight is 292 g/mol. The summed E-state index contributed by atoms with van der Waals surface area (Å²) in [6, 6.07) is 2.28. The number of halogens is 3. The zero-order valence-corrected chi connectivity index (χ0v) is 11.5. The van der Waals surface area contributed by atoms with Crippen LogP contribution in [-0.2, 0) is 0 Å². The first-order chi connectivity index (χ1) is 7.29.